The van der Waals surface area contributed by atoms with Crippen LogP contribution in [-0.2, 0) is 0 Å². The van der Waals surface area contributed by atoms with E-state index in [0.29, 0.717) is 5.69 Å². The van der Waals surface area contributed by atoms with Crippen molar-refractivity contribution in [3.8, 4) is 21.8 Å². The maximum Gasteiger partial charge on any atom is 0.275 e. The first-order chi connectivity index (χ1) is 12.2. The molecule has 0 bridgehead atoms. The molecule has 0 radical (unpaired) electrons. The summed E-state index contributed by atoms with van der Waals surface area (Å²) in [5.41, 5.74) is 4.23. The zero-order valence-electron chi connectivity index (χ0n) is 13.2. The first kappa shape index (κ1) is 16.1. The van der Waals surface area contributed by atoms with Gasteiger partial charge in [-0.3, -0.25) is 4.79 Å². The SMILES string of the molecule is Cc1nc(-c2ccc(NC(=O)c3csc(-c4ccsc4)n3)cc2)cs1. The minimum Gasteiger partial charge on any atom is -0.321 e. The van der Waals surface area contributed by atoms with Crippen molar-refractivity contribution < 1.29 is 4.79 Å². The van der Waals surface area contributed by atoms with Crippen LogP contribution in [0.25, 0.3) is 21.8 Å². The van der Waals surface area contributed by atoms with E-state index in [1.165, 1.54) is 11.3 Å². The van der Waals surface area contributed by atoms with Crippen molar-refractivity contribution >= 4 is 45.6 Å². The van der Waals surface area contributed by atoms with Crippen molar-refractivity contribution in [3.63, 3.8) is 0 Å². The van der Waals surface area contributed by atoms with Gasteiger partial charge in [0, 0.05) is 33.0 Å². The van der Waals surface area contributed by atoms with Crippen LogP contribution in [-0.4, -0.2) is 15.9 Å². The van der Waals surface area contributed by atoms with Gasteiger partial charge in [-0.2, -0.15) is 11.3 Å². The van der Waals surface area contributed by atoms with E-state index in [1.54, 1.807) is 28.1 Å². The van der Waals surface area contributed by atoms with Crippen LogP contribution in [0.4, 0.5) is 5.69 Å². The maximum absolute atomic E-state index is 12.4. The van der Waals surface area contributed by atoms with E-state index < -0.39 is 0 Å². The average Bonchev–Trinajstić information content (AvgIpc) is 3.36. The predicted molar refractivity (Wildman–Crippen MR) is 106 cm³/mol. The number of thiazole rings is 2. The normalized spacial score (nSPS) is 10.8. The number of thiophene rings is 1. The third-order valence-corrected chi connectivity index (χ3v) is 5.91. The van der Waals surface area contributed by atoms with Crippen LogP contribution in [0.5, 0.6) is 0 Å². The summed E-state index contributed by atoms with van der Waals surface area (Å²) in [4.78, 5) is 21.3. The summed E-state index contributed by atoms with van der Waals surface area (Å²) < 4.78 is 0. The zero-order chi connectivity index (χ0) is 17.2. The molecule has 0 spiro atoms. The number of nitrogens with zero attached hydrogens (tertiary/aromatic N) is 2. The Morgan fingerprint density at radius 2 is 1.80 bits per heavy atom. The molecule has 0 aliphatic carbocycles. The molecular formula is C18H13N3OS3. The number of rotatable bonds is 4. The lowest BCUT2D eigenvalue weighted by atomic mass is 10.1. The molecule has 0 aliphatic rings. The smallest absolute Gasteiger partial charge is 0.275 e. The van der Waals surface area contributed by atoms with Gasteiger partial charge in [0.25, 0.3) is 5.91 Å². The highest BCUT2D eigenvalue weighted by atomic mass is 32.1. The summed E-state index contributed by atoms with van der Waals surface area (Å²) in [5, 5.41) is 12.6. The lowest BCUT2D eigenvalue weighted by molar-refractivity contribution is 0.102. The van der Waals surface area contributed by atoms with Gasteiger partial charge in [0.05, 0.1) is 10.7 Å². The Labute approximate surface area is 156 Å². The first-order valence-electron chi connectivity index (χ1n) is 7.51. The van der Waals surface area contributed by atoms with E-state index in [4.69, 9.17) is 0 Å². The Balaban J connectivity index is 1.47. The highest BCUT2D eigenvalue weighted by Gasteiger charge is 2.12. The molecule has 4 aromatic rings. The van der Waals surface area contributed by atoms with Crippen molar-refractivity contribution in [2.45, 2.75) is 6.92 Å². The van der Waals surface area contributed by atoms with Gasteiger partial charge in [0.2, 0.25) is 0 Å². The highest BCUT2D eigenvalue weighted by Crippen LogP contribution is 2.26. The fourth-order valence-corrected chi connectivity index (χ4v) is 4.45. The van der Waals surface area contributed by atoms with E-state index in [9.17, 15) is 4.79 Å². The van der Waals surface area contributed by atoms with Crippen LogP contribution in [0, 0.1) is 6.92 Å². The molecule has 4 nitrogen and oxygen atoms in total. The van der Waals surface area contributed by atoms with E-state index in [2.05, 4.69) is 15.3 Å². The van der Waals surface area contributed by atoms with Gasteiger partial charge < -0.3 is 5.32 Å². The molecule has 0 saturated carbocycles. The number of benzene rings is 1. The Kier molecular flexibility index (Phi) is 4.44. The van der Waals surface area contributed by atoms with E-state index in [-0.39, 0.29) is 5.91 Å². The van der Waals surface area contributed by atoms with E-state index in [1.807, 2.05) is 53.4 Å². The standard InChI is InChI=1S/C18H13N3OS3/c1-11-19-15(9-24-11)12-2-4-14(5-3-12)20-17(22)16-10-25-18(21-16)13-6-7-23-8-13/h2-10H,1H3,(H,20,22). The van der Waals surface area contributed by atoms with E-state index >= 15 is 0 Å². The Morgan fingerprint density at radius 1 is 0.960 bits per heavy atom. The van der Waals surface area contributed by atoms with Gasteiger partial charge >= 0.3 is 0 Å². The Hall–Kier alpha value is -2.35. The summed E-state index contributed by atoms with van der Waals surface area (Å²) >= 11 is 4.72. The second-order valence-corrected chi connectivity index (χ2v) is 8.03. The lowest BCUT2D eigenvalue weighted by Gasteiger charge is -2.04. The molecule has 3 heterocycles. The molecule has 0 aliphatic heterocycles. The van der Waals surface area contributed by atoms with Crippen molar-refractivity contribution in [2.75, 3.05) is 5.32 Å². The van der Waals surface area contributed by atoms with Crippen molar-refractivity contribution in [1.82, 2.24) is 9.97 Å². The number of nitrogens with one attached hydrogen (secondary N) is 1. The van der Waals surface area contributed by atoms with Gasteiger partial charge in [-0.1, -0.05) is 12.1 Å². The topological polar surface area (TPSA) is 54.9 Å². The van der Waals surface area contributed by atoms with Crippen LogP contribution < -0.4 is 5.32 Å². The molecule has 0 saturated heterocycles. The number of amides is 1. The molecule has 0 atom stereocenters. The summed E-state index contributed by atoms with van der Waals surface area (Å²) in [5.74, 6) is -0.199. The molecule has 4 rings (SSSR count). The third kappa shape index (κ3) is 3.53. The van der Waals surface area contributed by atoms with Crippen molar-refractivity contribution in [1.29, 1.82) is 0 Å². The molecule has 124 valence electrons. The molecule has 25 heavy (non-hydrogen) atoms. The van der Waals surface area contributed by atoms with E-state index in [0.717, 1.165) is 32.5 Å². The fourth-order valence-electron chi connectivity index (χ4n) is 2.31. The second kappa shape index (κ2) is 6.87. The quantitative estimate of drug-likeness (QED) is 0.502. The summed E-state index contributed by atoms with van der Waals surface area (Å²) in [6.45, 7) is 1.99. The molecule has 1 N–H and O–H groups in total. The molecule has 1 amide bonds. The minimum atomic E-state index is -0.199. The number of hydrogen-bond donors (Lipinski definition) is 1. The highest BCUT2D eigenvalue weighted by molar-refractivity contribution is 7.14. The third-order valence-electron chi connectivity index (χ3n) is 3.56. The number of carbonyl (C=O) groups excluding carboxylic acids is 1. The van der Waals surface area contributed by atoms with Gasteiger partial charge in [-0.15, -0.1) is 22.7 Å². The monoisotopic (exact) mass is 383 g/mol. The summed E-state index contributed by atoms with van der Waals surface area (Å²) in [6, 6.07) is 9.69. The number of carbonyl (C=O) groups is 1. The molecule has 3 aromatic heterocycles. The van der Waals surface area contributed by atoms with Crippen LogP contribution in [0.2, 0.25) is 0 Å². The van der Waals surface area contributed by atoms with Crippen molar-refractivity contribution in [2.24, 2.45) is 0 Å². The second-order valence-electron chi connectivity index (χ2n) is 5.33. The first-order valence-corrected chi connectivity index (χ1v) is 10.2. The van der Waals surface area contributed by atoms with Gasteiger partial charge in [0.15, 0.2) is 0 Å². The Bertz CT molecular complexity index is 1000. The predicted octanol–water partition coefficient (Wildman–Crippen LogP) is 5.56. The average molecular weight is 384 g/mol. The van der Waals surface area contributed by atoms with Crippen LogP contribution in [0.1, 0.15) is 15.5 Å². The minimum absolute atomic E-state index is 0.199. The van der Waals surface area contributed by atoms with Gasteiger partial charge in [0.1, 0.15) is 10.7 Å². The van der Waals surface area contributed by atoms with Crippen LogP contribution in [0.15, 0.2) is 51.9 Å². The molecule has 0 unspecified atom stereocenters. The zero-order valence-corrected chi connectivity index (χ0v) is 15.7. The van der Waals surface area contributed by atoms with Crippen molar-refractivity contribution in [3.05, 3.63) is 62.6 Å². The summed E-state index contributed by atoms with van der Waals surface area (Å²) in [7, 11) is 0. The maximum atomic E-state index is 12.4. The number of hydrogen-bond acceptors (Lipinski definition) is 6. The lowest BCUT2D eigenvalue weighted by Crippen LogP contribution is -2.12. The largest absolute Gasteiger partial charge is 0.321 e. The molecule has 1 aromatic carbocycles. The Morgan fingerprint density at radius 3 is 2.48 bits per heavy atom. The molecule has 0 fully saturated rings. The van der Waals surface area contributed by atoms with Crippen LogP contribution >= 0.6 is 34.0 Å². The molecular weight excluding hydrogens is 370 g/mol. The van der Waals surface area contributed by atoms with Crippen LogP contribution in [0.3, 0.4) is 0 Å². The fraction of sp³-hybridized carbons (Fsp3) is 0.0556. The van der Waals surface area contributed by atoms with Gasteiger partial charge in [-0.05, 0) is 30.5 Å². The molecule has 7 heteroatoms. The van der Waals surface area contributed by atoms with Gasteiger partial charge in [-0.25, -0.2) is 9.97 Å². The number of anilines is 1. The number of aromatic nitrogens is 2. The number of aryl methyl sites for hydroxylation is 1. The summed E-state index contributed by atoms with van der Waals surface area (Å²) in [6.07, 6.45) is 0.